The van der Waals surface area contributed by atoms with Crippen molar-refractivity contribution >= 4 is 27.3 Å². The predicted octanol–water partition coefficient (Wildman–Crippen LogP) is 1.60. The molecule has 0 radical (unpaired) electrons. The zero-order valence-corrected chi connectivity index (χ0v) is 14.2. The summed E-state index contributed by atoms with van der Waals surface area (Å²) in [7, 11) is -3.71. The summed E-state index contributed by atoms with van der Waals surface area (Å²) in [4.78, 5) is 8.07. The molecule has 0 spiro atoms. The number of piperidine rings is 1. The van der Waals surface area contributed by atoms with Crippen LogP contribution in [-0.4, -0.2) is 50.0 Å². The van der Waals surface area contributed by atoms with Crippen LogP contribution in [0, 0.1) is 0 Å². The highest BCUT2D eigenvalue weighted by Crippen LogP contribution is 2.30. The number of imidazole rings is 1. The fourth-order valence-corrected chi connectivity index (χ4v) is 5.12. The first-order chi connectivity index (χ1) is 11.6. The summed E-state index contributed by atoms with van der Waals surface area (Å²) >= 11 is 6.12. The van der Waals surface area contributed by atoms with Crippen LogP contribution in [0.5, 0.6) is 0 Å². The maximum atomic E-state index is 13.0. The Morgan fingerprint density at radius 3 is 2.71 bits per heavy atom. The molecule has 1 aliphatic rings. The smallest absolute Gasteiger partial charge is 0.262 e. The highest BCUT2D eigenvalue weighted by molar-refractivity contribution is 7.89. The number of nitrogens with zero attached hydrogens (tertiary/aromatic N) is 6. The zero-order valence-electron chi connectivity index (χ0n) is 12.7. The first-order valence-corrected chi connectivity index (χ1v) is 9.36. The van der Waals surface area contributed by atoms with E-state index < -0.39 is 10.0 Å². The van der Waals surface area contributed by atoms with Gasteiger partial charge in [0.2, 0.25) is 0 Å². The van der Waals surface area contributed by atoms with Crippen molar-refractivity contribution in [2.75, 3.05) is 13.1 Å². The number of rotatable bonds is 3. The normalized spacial score (nSPS) is 17.5. The number of sulfonamides is 1. The van der Waals surface area contributed by atoms with Crippen molar-refractivity contribution < 1.29 is 8.42 Å². The molecule has 0 unspecified atom stereocenters. The molecule has 126 valence electrons. The van der Waals surface area contributed by atoms with E-state index in [0.29, 0.717) is 31.6 Å². The quantitative estimate of drug-likeness (QED) is 0.703. The van der Waals surface area contributed by atoms with Gasteiger partial charge in [0, 0.05) is 19.3 Å². The Morgan fingerprint density at radius 2 is 2.00 bits per heavy atom. The van der Waals surface area contributed by atoms with E-state index in [1.807, 2.05) is 0 Å². The van der Waals surface area contributed by atoms with E-state index in [1.54, 1.807) is 35.4 Å². The van der Waals surface area contributed by atoms with Gasteiger partial charge < -0.3 is 0 Å². The fourth-order valence-electron chi connectivity index (χ4n) is 3.05. The lowest BCUT2D eigenvalue weighted by molar-refractivity contribution is 0.260. The van der Waals surface area contributed by atoms with E-state index in [9.17, 15) is 8.42 Å². The molecule has 3 aromatic heterocycles. The molecule has 24 heavy (non-hydrogen) atoms. The van der Waals surface area contributed by atoms with Crippen molar-refractivity contribution in [1.29, 1.82) is 0 Å². The van der Waals surface area contributed by atoms with Crippen LogP contribution in [-0.2, 0) is 10.0 Å². The van der Waals surface area contributed by atoms with Gasteiger partial charge in [-0.3, -0.25) is 4.40 Å². The summed E-state index contributed by atoms with van der Waals surface area (Å²) in [5, 5.41) is 4.16. The number of aromatic nitrogens is 5. The molecule has 0 aromatic carbocycles. The Balaban J connectivity index is 1.63. The zero-order chi connectivity index (χ0) is 16.7. The summed E-state index contributed by atoms with van der Waals surface area (Å²) < 4.78 is 30.8. The first-order valence-electron chi connectivity index (χ1n) is 7.54. The second-order valence-corrected chi connectivity index (χ2v) is 7.86. The molecule has 0 atom stereocenters. The van der Waals surface area contributed by atoms with Crippen LogP contribution in [0.2, 0.25) is 5.15 Å². The van der Waals surface area contributed by atoms with Crippen molar-refractivity contribution in [2.45, 2.75) is 23.9 Å². The van der Waals surface area contributed by atoms with E-state index in [0.717, 1.165) is 0 Å². The van der Waals surface area contributed by atoms with Gasteiger partial charge in [-0.1, -0.05) is 17.7 Å². The summed E-state index contributed by atoms with van der Waals surface area (Å²) in [6.45, 7) is 0.812. The van der Waals surface area contributed by atoms with E-state index in [2.05, 4.69) is 15.1 Å². The van der Waals surface area contributed by atoms with E-state index in [4.69, 9.17) is 11.6 Å². The van der Waals surface area contributed by atoms with E-state index in [1.165, 1.54) is 15.0 Å². The van der Waals surface area contributed by atoms with Crippen molar-refractivity contribution in [2.24, 2.45) is 0 Å². The Kier molecular flexibility index (Phi) is 3.78. The number of fused-ring (bicyclic) bond motifs is 1. The molecule has 0 amide bonds. The SMILES string of the molecule is O=S(=O)(c1c(Cl)nc2ccccn12)N1CCC(n2cncn2)CC1. The Bertz CT molecular complexity index is 960. The Morgan fingerprint density at radius 1 is 1.21 bits per heavy atom. The predicted molar refractivity (Wildman–Crippen MR) is 87.3 cm³/mol. The van der Waals surface area contributed by atoms with Crippen LogP contribution in [0.4, 0.5) is 0 Å². The molecule has 0 saturated carbocycles. The molecular formula is C14H15ClN6O2S. The average molecular weight is 367 g/mol. The molecular weight excluding hydrogens is 352 g/mol. The van der Waals surface area contributed by atoms with Crippen molar-refractivity contribution in [3.8, 4) is 0 Å². The lowest BCUT2D eigenvalue weighted by Gasteiger charge is -2.30. The monoisotopic (exact) mass is 366 g/mol. The summed E-state index contributed by atoms with van der Waals surface area (Å²) in [6.07, 6.45) is 6.16. The topological polar surface area (TPSA) is 85.4 Å². The van der Waals surface area contributed by atoms with Crippen LogP contribution < -0.4 is 0 Å². The molecule has 3 aromatic rings. The van der Waals surface area contributed by atoms with Gasteiger partial charge >= 0.3 is 0 Å². The molecule has 0 N–H and O–H groups in total. The lowest BCUT2D eigenvalue weighted by Crippen LogP contribution is -2.39. The molecule has 4 heterocycles. The van der Waals surface area contributed by atoms with Gasteiger partial charge in [-0.15, -0.1) is 0 Å². The molecule has 4 rings (SSSR count). The Labute approximate surface area is 143 Å². The van der Waals surface area contributed by atoms with Gasteiger partial charge in [-0.2, -0.15) is 9.40 Å². The standard InChI is InChI=1S/C14H15ClN6O2S/c15-13-14(20-6-2-1-3-12(20)18-13)24(22,23)19-7-4-11(5-8-19)21-10-16-9-17-21/h1-3,6,9-11H,4-5,7-8H2. The molecule has 10 heteroatoms. The average Bonchev–Trinajstić information content (AvgIpc) is 3.21. The number of hydrogen-bond donors (Lipinski definition) is 0. The molecule has 1 saturated heterocycles. The van der Waals surface area contributed by atoms with E-state index in [-0.39, 0.29) is 16.2 Å². The molecule has 8 nitrogen and oxygen atoms in total. The minimum atomic E-state index is -3.71. The number of halogens is 1. The summed E-state index contributed by atoms with van der Waals surface area (Å²) in [6, 6.07) is 5.43. The van der Waals surface area contributed by atoms with Crippen LogP contribution in [0.15, 0.2) is 42.1 Å². The third-order valence-corrected chi connectivity index (χ3v) is 6.56. The van der Waals surface area contributed by atoms with Crippen molar-refractivity contribution in [3.05, 3.63) is 42.2 Å². The first kappa shape index (κ1) is 15.6. The largest absolute Gasteiger partial charge is 0.288 e. The number of hydrogen-bond acceptors (Lipinski definition) is 5. The third-order valence-electron chi connectivity index (χ3n) is 4.26. The van der Waals surface area contributed by atoms with Gasteiger partial charge in [0.1, 0.15) is 18.3 Å². The van der Waals surface area contributed by atoms with Crippen LogP contribution in [0.1, 0.15) is 18.9 Å². The van der Waals surface area contributed by atoms with Crippen molar-refractivity contribution in [1.82, 2.24) is 28.5 Å². The second-order valence-electron chi connectivity index (χ2n) is 5.65. The number of pyridine rings is 1. The molecule has 0 bridgehead atoms. The maximum absolute atomic E-state index is 13.0. The van der Waals surface area contributed by atoms with Crippen LogP contribution in [0.3, 0.4) is 0 Å². The summed E-state index contributed by atoms with van der Waals surface area (Å²) in [5.74, 6) is 0. The Hall–Kier alpha value is -1.97. The minimum Gasteiger partial charge on any atom is -0.288 e. The second kappa shape index (κ2) is 5.83. The molecule has 1 aliphatic heterocycles. The summed E-state index contributed by atoms with van der Waals surface area (Å²) in [5.41, 5.74) is 0.513. The van der Waals surface area contributed by atoms with Crippen molar-refractivity contribution in [3.63, 3.8) is 0 Å². The molecule has 1 fully saturated rings. The van der Waals surface area contributed by atoms with Gasteiger partial charge in [0.05, 0.1) is 6.04 Å². The maximum Gasteiger partial charge on any atom is 0.262 e. The van der Waals surface area contributed by atoms with Gasteiger partial charge in [-0.05, 0) is 25.0 Å². The van der Waals surface area contributed by atoms with Gasteiger partial charge in [0.25, 0.3) is 10.0 Å². The van der Waals surface area contributed by atoms with Crippen LogP contribution >= 0.6 is 11.6 Å². The van der Waals surface area contributed by atoms with Gasteiger partial charge in [0.15, 0.2) is 10.2 Å². The lowest BCUT2D eigenvalue weighted by atomic mass is 10.1. The van der Waals surface area contributed by atoms with E-state index >= 15 is 0 Å². The van der Waals surface area contributed by atoms with Gasteiger partial charge in [-0.25, -0.2) is 23.1 Å². The molecule has 0 aliphatic carbocycles. The van der Waals surface area contributed by atoms with Crippen LogP contribution in [0.25, 0.3) is 5.65 Å². The fraction of sp³-hybridized carbons (Fsp3) is 0.357. The highest BCUT2D eigenvalue weighted by Gasteiger charge is 2.34. The highest BCUT2D eigenvalue weighted by atomic mass is 35.5. The minimum absolute atomic E-state index is 0.000371. The third kappa shape index (κ3) is 2.48.